The zero-order valence-corrected chi connectivity index (χ0v) is 11.3. The van der Waals surface area contributed by atoms with Crippen LogP contribution < -0.4 is 5.32 Å². The Bertz CT molecular complexity index is 489. The van der Waals surface area contributed by atoms with Gasteiger partial charge in [0.05, 0.1) is 6.54 Å². The molecule has 0 saturated heterocycles. The fourth-order valence-corrected chi connectivity index (χ4v) is 1.43. The average molecular weight is 291 g/mol. The predicted molar refractivity (Wildman–Crippen MR) is 64.5 cm³/mol. The van der Waals surface area contributed by atoms with Gasteiger partial charge < -0.3 is 10.4 Å². The number of carbonyl (C=O) groups is 1. The van der Waals surface area contributed by atoms with E-state index in [9.17, 15) is 23.1 Å². The van der Waals surface area contributed by atoms with Crippen molar-refractivity contribution >= 4 is 5.91 Å². The van der Waals surface area contributed by atoms with Crippen molar-refractivity contribution in [3.63, 3.8) is 0 Å². The Morgan fingerprint density at radius 3 is 2.50 bits per heavy atom. The lowest BCUT2D eigenvalue weighted by atomic mass is 10.1. The molecule has 0 bridgehead atoms. The first kappa shape index (κ1) is 16.4. The van der Waals surface area contributed by atoms with E-state index in [2.05, 4.69) is 15.3 Å². The number of halogens is 3. The molecule has 1 aromatic heterocycles. The van der Waals surface area contributed by atoms with Gasteiger partial charge in [0.25, 0.3) is 0 Å². The first-order valence-electron chi connectivity index (χ1n) is 5.98. The molecule has 1 amide bonds. The summed E-state index contributed by atoms with van der Waals surface area (Å²) in [4.78, 5) is 18.7. The van der Waals surface area contributed by atoms with Gasteiger partial charge in [0.15, 0.2) is 0 Å². The van der Waals surface area contributed by atoms with Crippen LogP contribution in [0.5, 0.6) is 0 Å². The molecule has 2 N–H and O–H groups in total. The molecule has 8 heteroatoms. The van der Waals surface area contributed by atoms with Gasteiger partial charge >= 0.3 is 6.18 Å². The number of aliphatic hydroxyl groups excluding tert-OH is 1. The summed E-state index contributed by atoms with van der Waals surface area (Å²) in [5, 5.41) is 11.8. The molecule has 0 saturated carbocycles. The summed E-state index contributed by atoms with van der Waals surface area (Å²) in [6, 6.07) is 0.828. The van der Waals surface area contributed by atoms with Gasteiger partial charge in [-0.2, -0.15) is 13.2 Å². The van der Waals surface area contributed by atoms with Crippen LogP contribution in [0.1, 0.15) is 31.1 Å². The topological polar surface area (TPSA) is 75.1 Å². The minimum Gasteiger partial charge on any atom is -0.383 e. The Morgan fingerprint density at radius 2 is 2.00 bits per heavy atom. The molecule has 1 atom stereocenters. The third kappa shape index (κ3) is 4.44. The second kappa shape index (κ2) is 6.17. The number of nitrogens with one attached hydrogen (secondary N) is 1. The second-order valence-electron chi connectivity index (χ2n) is 4.72. The lowest BCUT2D eigenvalue weighted by Gasteiger charge is -2.14. The van der Waals surface area contributed by atoms with Gasteiger partial charge in [0, 0.05) is 5.69 Å². The van der Waals surface area contributed by atoms with Crippen molar-refractivity contribution < 1.29 is 23.1 Å². The van der Waals surface area contributed by atoms with E-state index in [0.29, 0.717) is 0 Å². The van der Waals surface area contributed by atoms with Crippen molar-refractivity contribution in [1.29, 1.82) is 0 Å². The van der Waals surface area contributed by atoms with Gasteiger partial charge in [-0.05, 0) is 18.9 Å². The first-order chi connectivity index (χ1) is 9.11. The highest BCUT2D eigenvalue weighted by Gasteiger charge is 2.33. The number of hydrogen-bond acceptors (Lipinski definition) is 4. The maximum Gasteiger partial charge on any atom is 0.433 e. The van der Waals surface area contributed by atoms with E-state index in [0.717, 1.165) is 6.07 Å². The molecule has 0 aromatic carbocycles. The lowest BCUT2D eigenvalue weighted by Crippen LogP contribution is -2.37. The molecule has 0 spiro atoms. The van der Waals surface area contributed by atoms with Gasteiger partial charge in [0.1, 0.15) is 17.6 Å². The molecule has 1 rings (SSSR count). The van der Waals surface area contributed by atoms with E-state index in [1.165, 1.54) is 6.92 Å². The SMILES string of the molecule is Cc1cc(C(F)(F)F)nc(CNC(=O)[C@H](O)C(C)C)n1. The van der Waals surface area contributed by atoms with E-state index < -0.39 is 23.9 Å². The maximum atomic E-state index is 12.6. The van der Waals surface area contributed by atoms with E-state index in [1.807, 2.05) is 0 Å². The van der Waals surface area contributed by atoms with E-state index in [-0.39, 0.29) is 24.0 Å². The van der Waals surface area contributed by atoms with Gasteiger partial charge in [-0.25, -0.2) is 9.97 Å². The largest absolute Gasteiger partial charge is 0.433 e. The van der Waals surface area contributed by atoms with E-state index >= 15 is 0 Å². The van der Waals surface area contributed by atoms with Gasteiger partial charge in [-0.3, -0.25) is 4.79 Å². The molecule has 0 aliphatic carbocycles. The molecule has 0 radical (unpaired) electrons. The minimum atomic E-state index is -4.57. The Morgan fingerprint density at radius 1 is 1.40 bits per heavy atom. The fraction of sp³-hybridized carbons (Fsp3) is 0.583. The van der Waals surface area contributed by atoms with Crippen molar-refractivity contribution in [3.05, 3.63) is 23.3 Å². The third-order valence-corrected chi connectivity index (χ3v) is 2.51. The zero-order valence-electron chi connectivity index (χ0n) is 11.3. The van der Waals surface area contributed by atoms with Crippen molar-refractivity contribution in [2.24, 2.45) is 5.92 Å². The average Bonchev–Trinajstić information content (AvgIpc) is 2.33. The summed E-state index contributed by atoms with van der Waals surface area (Å²) >= 11 is 0. The van der Waals surface area contributed by atoms with E-state index in [4.69, 9.17) is 0 Å². The number of aromatic nitrogens is 2. The van der Waals surface area contributed by atoms with Crippen LogP contribution in [-0.4, -0.2) is 27.1 Å². The number of hydrogen-bond donors (Lipinski definition) is 2. The van der Waals surface area contributed by atoms with Gasteiger partial charge in [-0.15, -0.1) is 0 Å². The standard InChI is InChI=1S/C12H16F3N3O2/c1-6(2)10(19)11(20)16-5-9-17-7(3)4-8(18-9)12(13,14)15/h4,6,10,19H,5H2,1-3H3,(H,16,20)/t10-/m1/s1. The summed E-state index contributed by atoms with van der Waals surface area (Å²) in [5.41, 5.74) is -0.903. The summed E-state index contributed by atoms with van der Waals surface area (Å²) < 4.78 is 37.7. The molecule has 20 heavy (non-hydrogen) atoms. The van der Waals surface area contributed by atoms with Crippen LogP contribution in [0.15, 0.2) is 6.07 Å². The molecule has 112 valence electrons. The highest BCUT2D eigenvalue weighted by molar-refractivity contribution is 5.80. The van der Waals surface area contributed by atoms with Crippen molar-refractivity contribution in [3.8, 4) is 0 Å². The highest BCUT2D eigenvalue weighted by atomic mass is 19.4. The number of alkyl halides is 3. The number of aryl methyl sites for hydroxylation is 1. The van der Waals surface area contributed by atoms with Crippen LogP contribution in [0.25, 0.3) is 0 Å². The summed E-state index contributed by atoms with van der Waals surface area (Å²) in [5.74, 6) is -1.11. The minimum absolute atomic E-state index is 0.151. The van der Waals surface area contributed by atoms with Gasteiger partial charge in [-0.1, -0.05) is 13.8 Å². The Labute approximate surface area is 114 Å². The zero-order chi connectivity index (χ0) is 15.5. The number of rotatable bonds is 4. The highest BCUT2D eigenvalue weighted by Crippen LogP contribution is 2.27. The summed E-state index contributed by atoms with van der Waals surface area (Å²) in [7, 11) is 0. The molecule has 0 aliphatic rings. The summed E-state index contributed by atoms with van der Waals surface area (Å²) in [6.45, 7) is 4.43. The molecule has 0 unspecified atom stereocenters. The van der Waals surface area contributed by atoms with Crippen LogP contribution in [0, 0.1) is 12.8 Å². The Kier molecular flexibility index (Phi) is 5.04. The summed E-state index contributed by atoms with van der Waals surface area (Å²) in [6.07, 6.45) is -5.79. The second-order valence-corrected chi connectivity index (χ2v) is 4.72. The Hall–Kier alpha value is -1.70. The molecular formula is C12H16F3N3O2. The van der Waals surface area contributed by atoms with Crippen molar-refractivity contribution in [2.45, 2.75) is 39.6 Å². The predicted octanol–water partition coefficient (Wildman–Crippen LogP) is 1.44. The normalized spacial score (nSPS) is 13.4. The first-order valence-corrected chi connectivity index (χ1v) is 5.98. The van der Waals surface area contributed by atoms with Crippen LogP contribution in [0.4, 0.5) is 13.2 Å². The number of aliphatic hydroxyl groups is 1. The number of carbonyl (C=O) groups excluding carboxylic acids is 1. The van der Waals surface area contributed by atoms with Crippen LogP contribution in [0.3, 0.4) is 0 Å². The fourth-order valence-electron chi connectivity index (χ4n) is 1.43. The molecule has 1 heterocycles. The maximum absolute atomic E-state index is 12.6. The van der Waals surface area contributed by atoms with Gasteiger partial charge in [0.2, 0.25) is 5.91 Å². The molecule has 1 aromatic rings. The number of amides is 1. The molecular weight excluding hydrogens is 275 g/mol. The molecule has 0 fully saturated rings. The van der Waals surface area contributed by atoms with Crippen molar-refractivity contribution in [2.75, 3.05) is 0 Å². The van der Waals surface area contributed by atoms with Crippen molar-refractivity contribution in [1.82, 2.24) is 15.3 Å². The monoisotopic (exact) mass is 291 g/mol. The van der Waals surface area contributed by atoms with E-state index in [1.54, 1.807) is 13.8 Å². The van der Waals surface area contributed by atoms with Crippen LogP contribution >= 0.6 is 0 Å². The number of nitrogens with zero attached hydrogens (tertiary/aromatic N) is 2. The van der Waals surface area contributed by atoms with Crippen LogP contribution in [0.2, 0.25) is 0 Å². The Balaban J connectivity index is 2.79. The quantitative estimate of drug-likeness (QED) is 0.880. The molecule has 0 aliphatic heterocycles. The smallest absolute Gasteiger partial charge is 0.383 e. The van der Waals surface area contributed by atoms with Crippen LogP contribution in [-0.2, 0) is 17.5 Å². The lowest BCUT2D eigenvalue weighted by molar-refractivity contribution is -0.141. The molecule has 5 nitrogen and oxygen atoms in total. The third-order valence-electron chi connectivity index (χ3n) is 2.51.